The molecule has 1 aromatic heterocycles. The molecule has 1 aromatic carbocycles. The van der Waals surface area contributed by atoms with E-state index in [0.717, 1.165) is 25.0 Å². The molecule has 2 rings (SSSR count). The fourth-order valence-electron chi connectivity index (χ4n) is 3.08. The van der Waals surface area contributed by atoms with Gasteiger partial charge >= 0.3 is 6.03 Å². The zero-order valence-corrected chi connectivity index (χ0v) is 20.2. The predicted molar refractivity (Wildman–Crippen MR) is 126 cm³/mol. The lowest BCUT2D eigenvalue weighted by molar-refractivity contribution is -0.116. The van der Waals surface area contributed by atoms with Crippen LogP contribution in [-0.2, 0) is 10.2 Å². The molecule has 170 valence electrons. The van der Waals surface area contributed by atoms with Crippen molar-refractivity contribution in [3.63, 3.8) is 0 Å². The highest BCUT2D eigenvalue weighted by Gasteiger charge is 2.24. The maximum atomic E-state index is 12.9. The van der Waals surface area contributed by atoms with Crippen molar-refractivity contribution >= 4 is 29.4 Å². The number of nitrogens with zero attached hydrogens (tertiary/aromatic N) is 4. The number of urea groups is 1. The number of nitrogens with one attached hydrogen (secondary N) is 1. The summed E-state index contributed by atoms with van der Waals surface area (Å²) in [5.41, 5.74) is 1.30. The molecule has 0 atom stereocenters. The van der Waals surface area contributed by atoms with Gasteiger partial charge in [0.1, 0.15) is 12.4 Å². The number of anilines is 1. The summed E-state index contributed by atoms with van der Waals surface area (Å²) in [6, 6.07) is 9.03. The number of unbranched alkanes of at least 4 members (excludes halogenated alkanes) is 2. The van der Waals surface area contributed by atoms with Crippen LogP contribution in [0.5, 0.6) is 0 Å². The second kappa shape index (κ2) is 10.7. The van der Waals surface area contributed by atoms with Gasteiger partial charge in [-0.3, -0.25) is 4.79 Å². The van der Waals surface area contributed by atoms with Crippen molar-refractivity contribution in [3.05, 3.63) is 41.0 Å². The molecule has 0 fully saturated rings. The average molecular weight is 448 g/mol. The van der Waals surface area contributed by atoms with Gasteiger partial charge in [0, 0.05) is 32.1 Å². The standard InChI is InChI=1S/C23H34ClN5O2/c1-7-8-11-14-28(22(31)27(5)6)16-21(30)25-20-15-19(23(2,3)4)26-29(20)18-13-10-9-12-17(18)24/h9-10,12-13,15H,7-8,11,14,16H2,1-6H3,(H,25,30). The smallest absolute Gasteiger partial charge is 0.319 e. The molecule has 0 saturated heterocycles. The fourth-order valence-corrected chi connectivity index (χ4v) is 3.29. The number of carbonyl (C=O) groups excluding carboxylic acids is 2. The van der Waals surface area contributed by atoms with Crippen molar-refractivity contribution in [1.82, 2.24) is 19.6 Å². The first kappa shape index (κ1) is 24.7. The Hall–Kier alpha value is -2.54. The third kappa shape index (κ3) is 6.72. The highest BCUT2D eigenvalue weighted by Crippen LogP contribution is 2.29. The van der Waals surface area contributed by atoms with E-state index < -0.39 is 0 Å². The van der Waals surface area contributed by atoms with E-state index in [1.807, 2.05) is 24.3 Å². The van der Waals surface area contributed by atoms with Gasteiger partial charge in [-0.05, 0) is 18.6 Å². The first-order chi connectivity index (χ1) is 14.5. The molecule has 1 heterocycles. The number of benzene rings is 1. The number of carbonyl (C=O) groups is 2. The van der Waals surface area contributed by atoms with Gasteiger partial charge in [0.15, 0.2) is 0 Å². The summed E-state index contributed by atoms with van der Waals surface area (Å²) in [5.74, 6) is 0.245. The summed E-state index contributed by atoms with van der Waals surface area (Å²) in [6.07, 6.45) is 2.91. The first-order valence-corrected chi connectivity index (χ1v) is 11.0. The Morgan fingerprint density at radius 2 is 1.84 bits per heavy atom. The molecule has 0 unspecified atom stereocenters. The van der Waals surface area contributed by atoms with E-state index in [1.54, 1.807) is 29.7 Å². The van der Waals surface area contributed by atoms with Crippen LogP contribution < -0.4 is 5.32 Å². The van der Waals surface area contributed by atoms with Crippen LogP contribution in [0.25, 0.3) is 5.69 Å². The molecule has 0 aliphatic carbocycles. The zero-order chi connectivity index (χ0) is 23.2. The van der Waals surface area contributed by atoms with Gasteiger partial charge in [-0.15, -0.1) is 0 Å². The largest absolute Gasteiger partial charge is 0.331 e. The van der Waals surface area contributed by atoms with Crippen LogP contribution in [-0.4, -0.2) is 58.7 Å². The summed E-state index contributed by atoms with van der Waals surface area (Å²) in [5, 5.41) is 8.16. The highest BCUT2D eigenvalue weighted by molar-refractivity contribution is 6.32. The van der Waals surface area contributed by atoms with Crippen LogP contribution in [0.1, 0.15) is 52.7 Å². The molecule has 8 heteroatoms. The van der Waals surface area contributed by atoms with E-state index in [4.69, 9.17) is 16.7 Å². The zero-order valence-electron chi connectivity index (χ0n) is 19.4. The Morgan fingerprint density at radius 1 is 1.16 bits per heavy atom. The Kier molecular flexibility index (Phi) is 8.51. The Morgan fingerprint density at radius 3 is 2.42 bits per heavy atom. The van der Waals surface area contributed by atoms with Crippen molar-refractivity contribution in [2.24, 2.45) is 0 Å². The van der Waals surface area contributed by atoms with Gasteiger partial charge in [0.2, 0.25) is 5.91 Å². The van der Waals surface area contributed by atoms with E-state index in [9.17, 15) is 9.59 Å². The molecular weight excluding hydrogens is 414 g/mol. The lowest BCUT2D eigenvalue weighted by Crippen LogP contribution is -2.44. The summed E-state index contributed by atoms with van der Waals surface area (Å²) in [4.78, 5) is 28.5. The van der Waals surface area contributed by atoms with Gasteiger partial charge < -0.3 is 15.1 Å². The van der Waals surface area contributed by atoms with Crippen LogP contribution in [0, 0.1) is 0 Å². The second-order valence-electron chi connectivity index (χ2n) is 8.88. The second-order valence-corrected chi connectivity index (χ2v) is 9.29. The highest BCUT2D eigenvalue weighted by atomic mass is 35.5. The van der Waals surface area contributed by atoms with Gasteiger partial charge in [0.25, 0.3) is 0 Å². The Labute approximate surface area is 190 Å². The van der Waals surface area contributed by atoms with Gasteiger partial charge in [-0.2, -0.15) is 5.10 Å². The third-order valence-electron chi connectivity index (χ3n) is 4.85. The Balaban J connectivity index is 2.29. The number of aromatic nitrogens is 2. The van der Waals surface area contributed by atoms with E-state index in [-0.39, 0.29) is 23.9 Å². The minimum absolute atomic E-state index is 0.0285. The SMILES string of the molecule is CCCCCN(CC(=O)Nc1cc(C(C)(C)C)nn1-c1ccccc1Cl)C(=O)N(C)C. The first-order valence-electron chi connectivity index (χ1n) is 10.7. The molecule has 1 N–H and O–H groups in total. The van der Waals surface area contributed by atoms with E-state index >= 15 is 0 Å². The number of amides is 3. The lowest BCUT2D eigenvalue weighted by atomic mass is 9.92. The maximum Gasteiger partial charge on any atom is 0.319 e. The van der Waals surface area contributed by atoms with Gasteiger partial charge in [-0.1, -0.05) is 64.3 Å². The van der Waals surface area contributed by atoms with E-state index in [2.05, 4.69) is 33.0 Å². The minimum atomic E-state index is -0.277. The monoisotopic (exact) mass is 447 g/mol. The Bertz CT molecular complexity index is 902. The minimum Gasteiger partial charge on any atom is -0.331 e. The van der Waals surface area contributed by atoms with Gasteiger partial charge in [0.05, 0.1) is 16.4 Å². The molecule has 0 spiro atoms. The fraction of sp³-hybridized carbons (Fsp3) is 0.522. The normalized spacial score (nSPS) is 11.3. The number of para-hydroxylation sites is 1. The number of hydrogen-bond donors (Lipinski definition) is 1. The molecule has 0 bridgehead atoms. The quantitative estimate of drug-likeness (QED) is 0.583. The molecule has 0 saturated carbocycles. The van der Waals surface area contributed by atoms with Crippen LogP contribution in [0.2, 0.25) is 5.02 Å². The summed E-state index contributed by atoms with van der Waals surface area (Å²) < 4.78 is 1.65. The molecular formula is C23H34ClN5O2. The van der Waals surface area contributed by atoms with E-state index in [1.165, 1.54) is 4.90 Å². The molecule has 3 amide bonds. The van der Waals surface area contributed by atoms with Crippen molar-refractivity contribution < 1.29 is 9.59 Å². The van der Waals surface area contributed by atoms with Crippen LogP contribution in [0.15, 0.2) is 30.3 Å². The maximum absolute atomic E-state index is 12.9. The number of hydrogen-bond acceptors (Lipinski definition) is 3. The topological polar surface area (TPSA) is 70.5 Å². The van der Waals surface area contributed by atoms with Crippen LogP contribution >= 0.6 is 11.6 Å². The number of rotatable bonds is 8. The average Bonchev–Trinajstić information content (AvgIpc) is 3.11. The third-order valence-corrected chi connectivity index (χ3v) is 5.16. The summed E-state index contributed by atoms with van der Waals surface area (Å²) in [6.45, 7) is 8.79. The van der Waals surface area contributed by atoms with E-state index in [0.29, 0.717) is 23.1 Å². The molecule has 0 aliphatic rings. The number of halogens is 1. The molecule has 7 nitrogen and oxygen atoms in total. The molecule has 0 radical (unpaired) electrons. The van der Waals surface area contributed by atoms with Crippen molar-refractivity contribution in [3.8, 4) is 5.69 Å². The molecule has 31 heavy (non-hydrogen) atoms. The molecule has 0 aliphatic heterocycles. The molecule has 2 aromatic rings. The van der Waals surface area contributed by atoms with Crippen molar-refractivity contribution in [1.29, 1.82) is 0 Å². The van der Waals surface area contributed by atoms with Gasteiger partial charge in [-0.25, -0.2) is 9.48 Å². The van der Waals surface area contributed by atoms with Crippen molar-refractivity contribution in [2.45, 2.75) is 52.4 Å². The van der Waals surface area contributed by atoms with Crippen LogP contribution in [0.4, 0.5) is 10.6 Å². The lowest BCUT2D eigenvalue weighted by Gasteiger charge is -2.25. The van der Waals surface area contributed by atoms with Crippen molar-refractivity contribution in [2.75, 3.05) is 32.5 Å². The summed E-state index contributed by atoms with van der Waals surface area (Å²) in [7, 11) is 3.38. The predicted octanol–water partition coefficient (Wildman–Crippen LogP) is 4.94. The van der Waals surface area contributed by atoms with Crippen LogP contribution in [0.3, 0.4) is 0 Å². The summed E-state index contributed by atoms with van der Waals surface area (Å²) >= 11 is 6.39.